The molecule has 0 radical (unpaired) electrons. The number of halogens is 1. The number of carbonyl (C=O) groups excluding carboxylic acids is 1. The molecule has 1 amide bonds. The number of amides is 1. The zero-order valence-electron chi connectivity index (χ0n) is 14.0. The SMILES string of the molecule is CCc1ccccc1OCC(=O)N(C)CCC(N)C(C)C.Cl. The second-order valence-electron chi connectivity index (χ2n) is 5.76. The Hall–Kier alpha value is -1.26. The van der Waals surface area contributed by atoms with Crippen LogP contribution < -0.4 is 10.5 Å². The van der Waals surface area contributed by atoms with E-state index in [-0.39, 0.29) is 31.0 Å². The van der Waals surface area contributed by atoms with E-state index in [4.69, 9.17) is 10.5 Å². The van der Waals surface area contributed by atoms with Crippen molar-refractivity contribution in [2.45, 2.75) is 39.7 Å². The number of rotatable bonds is 8. The van der Waals surface area contributed by atoms with E-state index in [1.54, 1.807) is 11.9 Å². The molecule has 0 aliphatic carbocycles. The fraction of sp³-hybridized carbons (Fsp3) is 0.588. The van der Waals surface area contributed by atoms with Gasteiger partial charge in [-0.15, -0.1) is 12.4 Å². The highest BCUT2D eigenvalue weighted by Gasteiger charge is 2.13. The predicted molar refractivity (Wildman–Crippen MR) is 93.6 cm³/mol. The maximum Gasteiger partial charge on any atom is 0.260 e. The van der Waals surface area contributed by atoms with Crippen LogP contribution in [0.1, 0.15) is 32.8 Å². The molecule has 0 saturated carbocycles. The first kappa shape index (κ1) is 20.7. The van der Waals surface area contributed by atoms with Crippen molar-refractivity contribution < 1.29 is 9.53 Å². The highest BCUT2D eigenvalue weighted by Crippen LogP contribution is 2.18. The normalized spacial score (nSPS) is 11.7. The molecule has 1 unspecified atom stereocenters. The lowest BCUT2D eigenvalue weighted by atomic mass is 10.0. The molecule has 0 aromatic heterocycles. The molecule has 126 valence electrons. The fourth-order valence-electron chi connectivity index (χ4n) is 1.99. The van der Waals surface area contributed by atoms with Gasteiger partial charge in [-0.25, -0.2) is 0 Å². The van der Waals surface area contributed by atoms with E-state index in [0.717, 1.165) is 24.2 Å². The summed E-state index contributed by atoms with van der Waals surface area (Å²) in [6, 6.07) is 7.95. The first-order valence-corrected chi connectivity index (χ1v) is 7.66. The highest BCUT2D eigenvalue weighted by atomic mass is 35.5. The average molecular weight is 329 g/mol. The number of ether oxygens (including phenoxy) is 1. The number of para-hydroxylation sites is 1. The van der Waals surface area contributed by atoms with Crippen molar-refractivity contribution in [1.82, 2.24) is 4.90 Å². The summed E-state index contributed by atoms with van der Waals surface area (Å²) < 4.78 is 5.64. The number of aryl methyl sites for hydroxylation is 1. The van der Waals surface area contributed by atoms with Gasteiger partial charge in [0.25, 0.3) is 5.91 Å². The number of nitrogens with zero attached hydrogens (tertiary/aromatic N) is 1. The number of hydrogen-bond acceptors (Lipinski definition) is 3. The molecule has 0 saturated heterocycles. The van der Waals surface area contributed by atoms with Crippen LogP contribution in [0.4, 0.5) is 0 Å². The lowest BCUT2D eigenvalue weighted by Gasteiger charge is -2.22. The Bertz CT molecular complexity index is 452. The second-order valence-corrected chi connectivity index (χ2v) is 5.76. The van der Waals surface area contributed by atoms with E-state index in [9.17, 15) is 4.79 Å². The molecule has 0 fully saturated rings. The Morgan fingerprint density at radius 1 is 1.32 bits per heavy atom. The summed E-state index contributed by atoms with van der Waals surface area (Å²) in [7, 11) is 1.80. The third kappa shape index (κ3) is 6.67. The van der Waals surface area contributed by atoms with Gasteiger partial charge in [0, 0.05) is 19.6 Å². The van der Waals surface area contributed by atoms with Crippen LogP contribution in [0.2, 0.25) is 0 Å². The van der Waals surface area contributed by atoms with Crippen molar-refractivity contribution in [1.29, 1.82) is 0 Å². The summed E-state index contributed by atoms with van der Waals surface area (Å²) in [5.74, 6) is 1.21. The van der Waals surface area contributed by atoms with Gasteiger partial charge < -0.3 is 15.4 Å². The first-order chi connectivity index (χ1) is 9.95. The first-order valence-electron chi connectivity index (χ1n) is 7.66. The molecule has 1 rings (SSSR count). The zero-order valence-corrected chi connectivity index (χ0v) is 14.9. The minimum Gasteiger partial charge on any atom is -0.483 e. The number of carbonyl (C=O) groups is 1. The molecule has 1 aromatic rings. The van der Waals surface area contributed by atoms with Crippen molar-refractivity contribution in [3.05, 3.63) is 29.8 Å². The van der Waals surface area contributed by atoms with E-state index < -0.39 is 0 Å². The van der Waals surface area contributed by atoms with Crippen LogP contribution in [0.3, 0.4) is 0 Å². The van der Waals surface area contributed by atoms with E-state index in [0.29, 0.717) is 12.5 Å². The van der Waals surface area contributed by atoms with Crippen LogP contribution in [-0.2, 0) is 11.2 Å². The molecule has 0 aliphatic rings. The summed E-state index contributed by atoms with van der Waals surface area (Å²) in [4.78, 5) is 13.7. The van der Waals surface area contributed by atoms with E-state index in [2.05, 4.69) is 20.8 Å². The molecule has 1 aromatic carbocycles. The molecule has 0 spiro atoms. The number of hydrogen-bond donors (Lipinski definition) is 1. The summed E-state index contributed by atoms with van der Waals surface area (Å²) in [5.41, 5.74) is 7.12. The van der Waals surface area contributed by atoms with E-state index >= 15 is 0 Å². The Morgan fingerprint density at radius 3 is 2.55 bits per heavy atom. The number of nitrogens with two attached hydrogens (primary N) is 1. The second kappa shape index (κ2) is 10.5. The molecule has 2 N–H and O–H groups in total. The quantitative estimate of drug-likeness (QED) is 0.798. The largest absolute Gasteiger partial charge is 0.483 e. The highest BCUT2D eigenvalue weighted by molar-refractivity contribution is 5.85. The molecular weight excluding hydrogens is 300 g/mol. The number of likely N-dealkylation sites (N-methyl/N-ethyl adjacent to an activating group) is 1. The van der Waals surface area contributed by atoms with Gasteiger partial charge in [-0.1, -0.05) is 39.0 Å². The molecule has 5 heteroatoms. The lowest BCUT2D eigenvalue weighted by molar-refractivity contribution is -0.132. The molecule has 4 nitrogen and oxygen atoms in total. The van der Waals surface area contributed by atoms with E-state index in [1.807, 2.05) is 24.3 Å². The fourth-order valence-corrected chi connectivity index (χ4v) is 1.99. The summed E-state index contributed by atoms with van der Waals surface area (Å²) >= 11 is 0. The Morgan fingerprint density at radius 2 is 1.95 bits per heavy atom. The Balaban J connectivity index is 0.00000441. The van der Waals surface area contributed by atoms with E-state index in [1.165, 1.54) is 0 Å². The molecule has 0 bridgehead atoms. The van der Waals surface area contributed by atoms with Crippen LogP contribution in [0.5, 0.6) is 5.75 Å². The van der Waals surface area contributed by atoms with Gasteiger partial charge in [-0.05, 0) is 30.4 Å². The molecule has 22 heavy (non-hydrogen) atoms. The molecule has 0 heterocycles. The van der Waals surface area contributed by atoms with Crippen molar-refractivity contribution in [2.75, 3.05) is 20.2 Å². The van der Waals surface area contributed by atoms with Crippen LogP contribution in [0.15, 0.2) is 24.3 Å². The maximum absolute atomic E-state index is 12.1. The zero-order chi connectivity index (χ0) is 15.8. The van der Waals surface area contributed by atoms with Crippen LogP contribution in [-0.4, -0.2) is 37.0 Å². The predicted octanol–water partition coefficient (Wildman–Crippen LogP) is 2.88. The standard InChI is InChI=1S/C17H28N2O2.ClH/c1-5-14-8-6-7-9-16(14)21-12-17(20)19(4)11-10-15(18)13(2)3;/h6-9,13,15H,5,10-12,18H2,1-4H3;1H. The summed E-state index contributed by atoms with van der Waals surface area (Å²) in [5, 5.41) is 0. The van der Waals surface area contributed by atoms with Crippen molar-refractivity contribution >= 4 is 18.3 Å². The van der Waals surface area contributed by atoms with Crippen molar-refractivity contribution in [2.24, 2.45) is 11.7 Å². The summed E-state index contributed by atoms with van der Waals surface area (Å²) in [6.07, 6.45) is 1.70. The third-order valence-electron chi connectivity index (χ3n) is 3.78. The topological polar surface area (TPSA) is 55.6 Å². The average Bonchev–Trinajstić information content (AvgIpc) is 2.49. The summed E-state index contributed by atoms with van der Waals surface area (Å²) in [6.45, 7) is 7.00. The molecule has 1 atom stereocenters. The van der Waals surface area contributed by atoms with Crippen molar-refractivity contribution in [3.63, 3.8) is 0 Å². The van der Waals surface area contributed by atoms with Gasteiger partial charge in [0.15, 0.2) is 6.61 Å². The van der Waals surface area contributed by atoms with Gasteiger partial charge in [0.2, 0.25) is 0 Å². The van der Waals surface area contributed by atoms with Gasteiger partial charge in [-0.3, -0.25) is 4.79 Å². The van der Waals surface area contributed by atoms with Crippen LogP contribution >= 0.6 is 12.4 Å². The van der Waals surface area contributed by atoms with Gasteiger partial charge in [0.1, 0.15) is 5.75 Å². The number of benzene rings is 1. The minimum absolute atomic E-state index is 0. The Labute approximate surface area is 140 Å². The maximum atomic E-state index is 12.1. The van der Waals surface area contributed by atoms with Gasteiger partial charge in [0.05, 0.1) is 0 Å². The van der Waals surface area contributed by atoms with Crippen molar-refractivity contribution in [3.8, 4) is 5.75 Å². The minimum atomic E-state index is -0.0168. The van der Waals surface area contributed by atoms with Gasteiger partial charge >= 0.3 is 0 Å². The lowest BCUT2D eigenvalue weighted by Crippen LogP contribution is -2.36. The van der Waals surface area contributed by atoms with Crippen LogP contribution in [0.25, 0.3) is 0 Å². The van der Waals surface area contributed by atoms with Gasteiger partial charge in [-0.2, -0.15) is 0 Å². The third-order valence-corrected chi connectivity index (χ3v) is 3.78. The smallest absolute Gasteiger partial charge is 0.260 e. The molecule has 0 aliphatic heterocycles. The van der Waals surface area contributed by atoms with Crippen LogP contribution in [0, 0.1) is 5.92 Å². The molecular formula is C17H29ClN2O2. The monoisotopic (exact) mass is 328 g/mol. The Kier molecular flexibility index (Phi) is 9.86.